The average molecular weight is 207 g/mol. The molecule has 1 saturated heterocycles. The molecule has 0 amide bonds. The molecule has 1 aliphatic rings. The number of hydrogen-bond acceptors (Lipinski definition) is 2. The summed E-state index contributed by atoms with van der Waals surface area (Å²) in [5.41, 5.74) is 1.17. The topological polar surface area (TPSA) is 21.3 Å². The zero-order valence-electron chi connectivity index (χ0n) is 8.62. The second-order valence-corrected chi connectivity index (χ2v) is 5.64. The predicted octanol–water partition coefficient (Wildman–Crippen LogP) is 1.32. The highest BCUT2D eigenvalue weighted by Gasteiger charge is 2.26. The Morgan fingerprint density at radius 1 is 1.21 bits per heavy atom. The van der Waals surface area contributed by atoms with E-state index in [4.69, 9.17) is 4.74 Å². The zero-order valence-corrected chi connectivity index (χ0v) is 10.6. The molecule has 0 radical (unpaired) electrons. The molecule has 1 aromatic carbocycles. The van der Waals surface area contributed by atoms with Crippen molar-refractivity contribution in [1.29, 1.82) is 0 Å². The SMILES string of the molecule is [SiH3]C1(Nc2ccccc2)CCCCO1. The Morgan fingerprint density at radius 2 is 2.00 bits per heavy atom. The second-order valence-electron chi connectivity index (χ2n) is 4.03. The van der Waals surface area contributed by atoms with E-state index in [1.807, 2.05) is 6.07 Å². The highest BCUT2D eigenvalue weighted by molar-refractivity contribution is 6.15. The van der Waals surface area contributed by atoms with Gasteiger partial charge in [-0.2, -0.15) is 0 Å². The normalized spacial score (nSPS) is 27.4. The van der Waals surface area contributed by atoms with E-state index in [1.165, 1.54) is 18.5 Å². The second kappa shape index (κ2) is 4.15. The number of anilines is 1. The lowest BCUT2D eigenvalue weighted by Crippen LogP contribution is -2.44. The van der Waals surface area contributed by atoms with Crippen LogP contribution >= 0.6 is 0 Å². The third kappa shape index (κ3) is 2.36. The highest BCUT2D eigenvalue weighted by atomic mass is 28.1. The molecule has 0 aliphatic carbocycles. The molecule has 3 heteroatoms. The Morgan fingerprint density at radius 3 is 2.64 bits per heavy atom. The highest BCUT2D eigenvalue weighted by Crippen LogP contribution is 2.23. The molecule has 0 aromatic heterocycles. The maximum atomic E-state index is 5.82. The van der Waals surface area contributed by atoms with Crippen molar-refractivity contribution in [2.45, 2.75) is 24.6 Å². The van der Waals surface area contributed by atoms with Gasteiger partial charge in [-0.1, -0.05) is 18.2 Å². The molecule has 1 aliphatic heterocycles. The van der Waals surface area contributed by atoms with Crippen LogP contribution < -0.4 is 5.32 Å². The summed E-state index contributed by atoms with van der Waals surface area (Å²) >= 11 is 0. The van der Waals surface area contributed by atoms with Crippen LogP contribution in [-0.2, 0) is 4.74 Å². The number of ether oxygens (including phenoxy) is 1. The number of hydrogen-bond donors (Lipinski definition) is 1. The van der Waals surface area contributed by atoms with E-state index in [9.17, 15) is 0 Å². The van der Waals surface area contributed by atoms with Crippen molar-refractivity contribution in [2.75, 3.05) is 11.9 Å². The first-order valence-corrected chi connectivity index (χ1v) is 6.26. The summed E-state index contributed by atoms with van der Waals surface area (Å²) in [6, 6.07) is 10.3. The van der Waals surface area contributed by atoms with Gasteiger partial charge in [0.2, 0.25) is 0 Å². The lowest BCUT2D eigenvalue weighted by atomic mass is 10.1. The Balaban J connectivity index is 2.02. The van der Waals surface area contributed by atoms with Gasteiger partial charge in [-0.15, -0.1) is 0 Å². The molecular weight excluding hydrogens is 190 g/mol. The quantitative estimate of drug-likeness (QED) is 0.739. The van der Waals surface area contributed by atoms with Gasteiger partial charge < -0.3 is 10.1 Å². The Bertz CT molecular complexity index is 283. The van der Waals surface area contributed by atoms with Gasteiger partial charge in [0.1, 0.15) is 5.35 Å². The lowest BCUT2D eigenvalue weighted by molar-refractivity contribution is 0.00205. The molecule has 2 rings (SSSR count). The van der Waals surface area contributed by atoms with Gasteiger partial charge in [-0.05, 0) is 31.4 Å². The van der Waals surface area contributed by atoms with Gasteiger partial charge in [0.15, 0.2) is 0 Å². The molecular formula is C11H17NOSi. The minimum absolute atomic E-state index is 0.0282. The van der Waals surface area contributed by atoms with Crippen molar-refractivity contribution in [3.63, 3.8) is 0 Å². The van der Waals surface area contributed by atoms with Gasteiger partial charge in [0.05, 0.1) is 10.2 Å². The fourth-order valence-corrected chi connectivity index (χ4v) is 2.71. The van der Waals surface area contributed by atoms with Crippen molar-refractivity contribution < 1.29 is 4.74 Å². The first kappa shape index (κ1) is 9.74. The summed E-state index contributed by atoms with van der Waals surface area (Å²) in [5, 5.41) is 3.47. The molecule has 1 atom stereocenters. The van der Waals surface area contributed by atoms with Crippen molar-refractivity contribution in [1.82, 2.24) is 0 Å². The van der Waals surface area contributed by atoms with Crippen LogP contribution in [0.4, 0.5) is 5.69 Å². The average Bonchev–Trinajstić information content (AvgIpc) is 2.19. The summed E-state index contributed by atoms with van der Waals surface area (Å²) < 4.78 is 5.82. The van der Waals surface area contributed by atoms with Gasteiger partial charge in [0, 0.05) is 12.3 Å². The van der Waals surface area contributed by atoms with Crippen molar-refractivity contribution in [3.05, 3.63) is 30.3 Å². The maximum Gasteiger partial charge on any atom is 0.113 e. The smallest absolute Gasteiger partial charge is 0.113 e. The summed E-state index contributed by atoms with van der Waals surface area (Å²) in [6.45, 7) is 0.906. The van der Waals surface area contributed by atoms with Crippen LogP contribution in [0.1, 0.15) is 19.3 Å². The van der Waals surface area contributed by atoms with Crippen LogP contribution in [0.5, 0.6) is 0 Å². The Labute approximate surface area is 88.1 Å². The van der Waals surface area contributed by atoms with Crippen LogP contribution in [-0.4, -0.2) is 22.2 Å². The van der Waals surface area contributed by atoms with E-state index in [0.717, 1.165) is 23.3 Å². The molecule has 0 bridgehead atoms. The summed E-state index contributed by atoms with van der Waals surface area (Å²) in [6.07, 6.45) is 3.64. The Kier molecular flexibility index (Phi) is 2.89. The molecule has 1 heterocycles. The first-order chi connectivity index (χ1) is 6.79. The van der Waals surface area contributed by atoms with Crippen molar-refractivity contribution >= 4 is 15.9 Å². The van der Waals surface area contributed by atoms with E-state index in [1.54, 1.807) is 0 Å². The lowest BCUT2D eigenvalue weighted by Gasteiger charge is -2.35. The van der Waals surface area contributed by atoms with E-state index in [0.29, 0.717) is 0 Å². The molecule has 76 valence electrons. The van der Waals surface area contributed by atoms with E-state index in [2.05, 4.69) is 29.6 Å². The molecule has 1 fully saturated rings. The largest absolute Gasteiger partial charge is 0.362 e. The van der Waals surface area contributed by atoms with E-state index >= 15 is 0 Å². The van der Waals surface area contributed by atoms with Crippen LogP contribution in [0.3, 0.4) is 0 Å². The molecule has 1 aromatic rings. The maximum absolute atomic E-state index is 5.82. The molecule has 1 unspecified atom stereocenters. The zero-order chi connectivity index (χ0) is 9.86. The minimum Gasteiger partial charge on any atom is -0.362 e. The van der Waals surface area contributed by atoms with Gasteiger partial charge >= 0.3 is 0 Å². The monoisotopic (exact) mass is 207 g/mol. The fraction of sp³-hybridized carbons (Fsp3) is 0.455. The third-order valence-electron chi connectivity index (χ3n) is 2.65. The predicted molar refractivity (Wildman–Crippen MR) is 62.5 cm³/mol. The van der Waals surface area contributed by atoms with Crippen LogP contribution in [0.15, 0.2) is 30.3 Å². The van der Waals surface area contributed by atoms with Crippen molar-refractivity contribution in [3.8, 4) is 0 Å². The summed E-state index contributed by atoms with van der Waals surface area (Å²) in [7, 11) is 1.03. The first-order valence-electron chi connectivity index (χ1n) is 5.26. The molecule has 2 nitrogen and oxygen atoms in total. The van der Waals surface area contributed by atoms with Crippen LogP contribution in [0.2, 0.25) is 0 Å². The number of nitrogens with one attached hydrogen (secondary N) is 1. The minimum atomic E-state index is -0.0282. The third-order valence-corrected chi connectivity index (χ3v) is 3.69. The van der Waals surface area contributed by atoms with Gasteiger partial charge in [-0.3, -0.25) is 0 Å². The van der Waals surface area contributed by atoms with Crippen LogP contribution in [0, 0.1) is 0 Å². The molecule has 0 spiro atoms. The van der Waals surface area contributed by atoms with Gasteiger partial charge in [-0.25, -0.2) is 0 Å². The van der Waals surface area contributed by atoms with Gasteiger partial charge in [0.25, 0.3) is 0 Å². The molecule has 1 N–H and O–H groups in total. The summed E-state index contributed by atoms with van der Waals surface area (Å²) in [5.74, 6) is 0. The molecule has 14 heavy (non-hydrogen) atoms. The van der Waals surface area contributed by atoms with E-state index in [-0.39, 0.29) is 5.35 Å². The number of rotatable bonds is 2. The van der Waals surface area contributed by atoms with Crippen LogP contribution in [0.25, 0.3) is 0 Å². The number of benzene rings is 1. The number of para-hydroxylation sites is 1. The Hall–Kier alpha value is -0.803. The van der Waals surface area contributed by atoms with Crippen molar-refractivity contribution in [2.24, 2.45) is 0 Å². The summed E-state index contributed by atoms with van der Waals surface area (Å²) in [4.78, 5) is 0. The molecule has 0 saturated carbocycles. The fourth-order valence-electron chi connectivity index (χ4n) is 1.86. The standard InChI is InChI=1S/C11H17NOSi/c14-11(8-4-5-9-13-11)12-10-6-2-1-3-7-10/h1-3,6-7,12H,4-5,8-9H2,14H3. The van der Waals surface area contributed by atoms with E-state index < -0.39 is 0 Å².